The van der Waals surface area contributed by atoms with Gasteiger partial charge in [0, 0.05) is 37.1 Å². The van der Waals surface area contributed by atoms with Gasteiger partial charge < -0.3 is 10.4 Å². The molecule has 0 aliphatic heterocycles. The fraction of sp³-hybridized carbons (Fsp3) is 0.588. The van der Waals surface area contributed by atoms with E-state index in [0.717, 1.165) is 18.5 Å². The number of hydrogen-bond acceptors (Lipinski definition) is 5. The first-order chi connectivity index (χ1) is 12.0. The van der Waals surface area contributed by atoms with E-state index in [2.05, 4.69) is 20.4 Å². The van der Waals surface area contributed by atoms with Crippen LogP contribution in [-0.2, 0) is 6.61 Å². The first-order valence-electron chi connectivity index (χ1n) is 8.71. The number of nitrogens with one attached hydrogen (secondary N) is 1. The van der Waals surface area contributed by atoms with E-state index in [1.54, 1.807) is 10.7 Å². The highest BCUT2D eigenvalue weighted by Gasteiger charge is 2.35. The van der Waals surface area contributed by atoms with Gasteiger partial charge in [-0.2, -0.15) is 10.1 Å². The van der Waals surface area contributed by atoms with E-state index in [1.165, 1.54) is 0 Å². The molecule has 0 radical (unpaired) electrons. The molecule has 0 bridgehead atoms. The summed E-state index contributed by atoms with van der Waals surface area (Å²) in [5, 5.41) is 17.2. The molecule has 2 fully saturated rings. The zero-order chi connectivity index (χ0) is 17.4. The van der Waals surface area contributed by atoms with Crippen LogP contribution in [0.15, 0.2) is 18.3 Å². The van der Waals surface area contributed by atoms with Crippen LogP contribution in [0.4, 0.5) is 14.6 Å². The van der Waals surface area contributed by atoms with E-state index in [9.17, 15) is 13.9 Å². The highest BCUT2D eigenvalue weighted by Crippen LogP contribution is 2.39. The monoisotopic (exact) mass is 349 g/mol. The van der Waals surface area contributed by atoms with Crippen molar-refractivity contribution in [1.82, 2.24) is 19.7 Å². The van der Waals surface area contributed by atoms with Gasteiger partial charge in [0.25, 0.3) is 5.95 Å². The van der Waals surface area contributed by atoms with Crippen molar-refractivity contribution in [3.05, 3.63) is 29.7 Å². The number of hydrogen-bond donors (Lipinski definition) is 2. The quantitative estimate of drug-likeness (QED) is 0.868. The Morgan fingerprint density at radius 1 is 1.20 bits per heavy atom. The summed E-state index contributed by atoms with van der Waals surface area (Å²) >= 11 is 0. The lowest BCUT2D eigenvalue weighted by atomic mass is 9.92. The molecule has 4 rings (SSSR count). The standard InChI is InChI=1S/C17H21F2N5O/c18-17(19)6-3-12(4-7-17)20-15-9-13(10-25)21-16(22-15)24-8-5-14(23-24)11-1-2-11/h5,8-9,11-12,25H,1-4,6-7,10H2,(H,20,21,22). The summed E-state index contributed by atoms with van der Waals surface area (Å²) in [6.07, 6.45) is 4.71. The molecule has 2 aromatic rings. The summed E-state index contributed by atoms with van der Waals surface area (Å²) in [4.78, 5) is 8.77. The molecule has 2 saturated carbocycles. The molecule has 2 aromatic heterocycles. The SMILES string of the molecule is OCc1cc(NC2CCC(F)(F)CC2)nc(-n2ccc(C3CC3)n2)n1. The third-order valence-electron chi connectivity index (χ3n) is 4.81. The van der Waals surface area contributed by atoms with Crippen LogP contribution in [0, 0.1) is 0 Å². The zero-order valence-electron chi connectivity index (χ0n) is 13.8. The molecule has 2 N–H and O–H groups in total. The van der Waals surface area contributed by atoms with Crippen LogP contribution in [0.3, 0.4) is 0 Å². The van der Waals surface area contributed by atoms with E-state index in [1.807, 2.05) is 12.3 Å². The van der Waals surface area contributed by atoms with Gasteiger partial charge >= 0.3 is 0 Å². The van der Waals surface area contributed by atoms with E-state index in [0.29, 0.717) is 36.2 Å². The molecule has 2 aliphatic rings. The Hall–Kier alpha value is -2.09. The van der Waals surface area contributed by atoms with Crippen molar-refractivity contribution in [2.24, 2.45) is 0 Å². The largest absolute Gasteiger partial charge is 0.390 e. The molecular weight excluding hydrogens is 328 g/mol. The summed E-state index contributed by atoms with van der Waals surface area (Å²) in [5.41, 5.74) is 1.50. The van der Waals surface area contributed by atoms with Crippen LogP contribution in [0.25, 0.3) is 5.95 Å². The molecule has 0 atom stereocenters. The third-order valence-corrected chi connectivity index (χ3v) is 4.81. The molecule has 0 unspecified atom stereocenters. The molecule has 8 heteroatoms. The Bertz CT molecular complexity index is 749. The fourth-order valence-corrected chi connectivity index (χ4v) is 3.18. The number of alkyl halides is 2. The second kappa shape index (κ2) is 6.33. The Balaban J connectivity index is 1.53. The number of rotatable bonds is 5. The Kier molecular flexibility index (Phi) is 4.15. The molecule has 0 saturated heterocycles. The summed E-state index contributed by atoms with van der Waals surface area (Å²) in [6.45, 7) is -0.219. The van der Waals surface area contributed by atoms with E-state index in [4.69, 9.17) is 0 Å². The normalized spacial score (nSPS) is 20.6. The van der Waals surface area contributed by atoms with Gasteiger partial charge in [0.05, 0.1) is 18.0 Å². The molecule has 0 amide bonds. The minimum atomic E-state index is -2.56. The van der Waals surface area contributed by atoms with Gasteiger partial charge in [-0.05, 0) is 31.7 Å². The molecule has 134 valence electrons. The molecule has 2 aliphatic carbocycles. The Morgan fingerprint density at radius 2 is 1.96 bits per heavy atom. The highest BCUT2D eigenvalue weighted by atomic mass is 19.3. The lowest BCUT2D eigenvalue weighted by molar-refractivity contribution is -0.0361. The highest BCUT2D eigenvalue weighted by molar-refractivity contribution is 5.40. The van der Waals surface area contributed by atoms with E-state index in [-0.39, 0.29) is 25.5 Å². The van der Waals surface area contributed by atoms with Gasteiger partial charge in [-0.15, -0.1) is 0 Å². The first-order valence-corrected chi connectivity index (χ1v) is 8.71. The molecule has 0 aromatic carbocycles. The number of halogens is 2. The van der Waals surface area contributed by atoms with Crippen molar-refractivity contribution in [3.63, 3.8) is 0 Å². The van der Waals surface area contributed by atoms with Crippen LogP contribution in [0.1, 0.15) is 55.8 Å². The zero-order valence-corrected chi connectivity index (χ0v) is 13.8. The number of aliphatic hydroxyl groups is 1. The number of aromatic nitrogens is 4. The van der Waals surface area contributed by atoms with Gasteiger partial charge in [0.15, 0.2) is 0 Å². The maximum atomic E-state index is 13.3. The van der Waals surface area contributed by atoms with Gasteiger partial charge in [-0.25, -0.2) is 18.4 Å². The van der Waals surface area contributed by atoms with Crippen LogP contribution < -0.4 is 5.32 Å². The average Bonchev–Trinajstić information content (AvgIpc) is 3.33. The molecule has 0 spiro atoms. The van der Waals surface area contributed by atoms with Crippen molar-refractivity contribution in [2.75, 3.05) is 5.32 Å². The van der Waals surface area contributed by atoms with Crippen molar-refractivity contribution in [3.8, 4) is 5.95 Å². The van der Waals surface area contributed by atoms with Gasteiger partial charge in [0.2, 0.25) is 5.92 Å². The minimum Gasteiger partial charge on any atom is -0.390 e. The molecule has 6 nitrogen and oxygen atoms in total. The maximum absolute atomic E-state index is 13.3. The third kappa shape index (κ3) is 3.78. The number of anilines is 1. The lowest BCUT2D eigenvalue weighted by Crippen LogP contribution is -2.32. The smallest absolute Gasteiger partial charge is 0.252 e. The Morgan fingerprint density at radius 3 is 2.64 bits per heavy atom. The first kappa shape index (κ1) is 16.4. The van der Waals surface area contributed by atoms with Crippen LogP contribution in [0.2, 0.25) is 0 Å². The van der Waals surface area contributed by atoms with Crippen molar-refractivity contribution in [1.29, 1.82) is 0 Å². The lowest BCUT2D eigenvalue weighted by Gasteiger charge is -2.29. The van der Waals surface area contributed by atoms with E-state index < -0.39 is 5.92 Å². The van der Waals surface area contributed by atoms with Crippen molar-refractivity contribution >= 4 is 5.82 Å². The van der Waals surface area contributed by atoms with E-state index >= 15 is 0 Å². The summed E-state index contributed by atoms with van der Waals surface area (Å²) in [5.74, 6) is -1.11. The maximum Gasteiger partial charge on any atom is 0.252 e. The van der Waals surface area contributed by atoms with Gasteiger partial charge in [-0.3, -0.25) is 0 Å². The summed E-state index contributed by atoms with van der Waals surface area (Å²) < 4.78 is 28.2. The fourth-order valence-electron chi connectivity index (χ4n) is 3.18. The second-order valence-corrected chi connectivity index (χ2v) is 6.94. The van der Waals surface area contributed by atoms with Crippen LogP contribution >= 0.6 is 0 Å². The van der Waals surface area contributed by atoms with Gasteiger partial charge in [-0.1, -0.05) is 0 Å². The number of nitrogens with zero attached hydrogens (tertiary/aromatic N) is 4. The molecular formula is C17H21F2N5O. The second-order valence-electron chi connectivity index (χ2n) is 6.94. The summed E-state index contributed by atoms with van der Waals surface area (Å²) in [7, 11) is 0. The Labute approximate surface area is 144 Å². The van der Waals surface area contributed by atoms with Crippen LogP contribution in [-0.4, -0.2) is 36.8 Å². The molecule has 25 heavy (non-hydrogen) atoms. The van der Waals surface area contributed by atoms with Gasteiger partial charge in [0.1, 0.15) is 5.82 Å². The summed E-state index contributed by atoms with van der Waals surface area (Å²) in [6, 6.07) is 3.57. The predicted molar refractivity (Wildman–Crippen MR) is 87.9 cm³/mol. The predicted octanol–water partition coefficient (Wildman–Crippen LogP) is 3.02. The van der Waals surface area contributed by atoms with Crippen molar-refractivity contribution < 1.29 is 13.9 Å². The van der Waals surface area contributed by atoms with Crippen LogP contribution in [0.5, 0.6) is 0 Å². The van der Waals surface area contributed by atoms with Crippen molar-refractivity contribution in [2.45, 2.75) is 63.0 Å². The average molecular weight is 349 g/mol. The molecule has 2 heterocycles. The minimum absolute atomic E-state index is 0.0476. The number of aliphatic hydroxyl groups excluding tert-OH is 1. The topological polar surface area (TPSA) is 75.9 Å².